The van der Waals surface area contributed by atoms with E-state index in [1.165, 1.54) is 31.4 Å². The predicted octanol–water partition coefficient (Wildman–Crippen LogP) is 1.91. The van der Waals surface area contributed by atoms with Gasteiger partial charge in [-0.05, 0) is 54.8 Å². The molecule has 0 unspecified atom stereocenters. The molecule has 0 bridgehead atoms. The second-order valence-corrected chi connectivity index (χ2v) is 8.31. The summed E-state index contributed by atoms with van der Waals surface area (Å²) in [6.45, 7) is 1.95. The molecule has 2 amide bonds. The number of rotatable bonds is 6. The molecule has 1 fully saturated rings. The molecule has 1 saturated carbocycles. The number of hydrazine groups is 1. The Morgan fingerprint density at radius 3 is 2.36 bits per heavy atom. The van der Waals surface area contributed by atoms with Crippen molar-refractivity contribution in [2.45, 2.75) is 18.2 Å². The van der Waals surface area contributed by atoms with E-state index in [0.29, 0.717) is 17.4 Å². The molecule has 0 radical (unpaired) electrons. The van der Waals surface area contributed by atoms with Crippen molar-refractivity contribution in [1.82, 2.24) is 10.9 Å². The van der Waals surface area contributed by atoms with Crippen LogP contribution in [0.5, 0.6) is 5.75 Å². The number of anilines is 1. The van der Waals surface area contributed by atoms with Crippen molar-refractivity contribution in [3.63, 3.8) is 0 Å². The molecule has 3 rings (SSSR count). The SMILES string of the molecule is COc1ccc(NS(=O)(=O)c2cccc(C(=O)NNC(=O)[C@H]3C[C@H]3C)c2)cc1. The molecule has 8 nitrogen and oxygen atoms in total. The first-order chi connectivity index (χ1) is 13.3. The Morgan fingerprint density at radius 2 is 1.75 bits per heavy atom. The minimum absolute atomic E-state index is 0.0712. The van der Waals surface area contributed by atoms with Crippen molar-refractivity contribution in [2.75, 3.05) is 11.8 Å². The van der Waals surface area contributed by atoms with Crippen LogP contribution in [0.25, 0.3) is 0 Å². The number of hydrogen-bond donors (Lipinski definition) is 3. The summed E-state index contributed by atoms with van der Waals surface area (Å²) >= 11 is 0. The second kappa shape index (κ2) is 7.89. The Balaban J connectivity index is 1.68. The Bertz CT molecular complexity index is 989. The zero-order chi connectivity index (χ0) is 20.3. The predicted molar refractivity (Wildman–Crippen MR) is 103 cm³/mol. The van der Waals surface area contributed by atoms with Crippen molar-refractivity contribution >= 4 is 27.5 Å². The van der Waals surface area contributed by atoms with E-state index in [9.17, 15) is 18.0 Å². The fourth-order valence-electron chi connectivity index (χ4n) is 2.65. The van der Waals surface area contributed by atoms with Crippen molar-refractivity contribution in [1.29, 1.82) is 0 Å². The summed E-state index contributed by atoms with van der Waals surface area (Å²) in [5, 5.41) is 0. The molecule has 0 spiro atoms. The van der Waals surface area contributed by atoms with Crippen LogP contribution in [0.2, 0.25) is 0 Å². The number of benzene rings is 2. The lowest BCUT2D eigenvalue weighted by molar-refractivity contribution is -0.123. The summed E-state index contributed by atoms with van der Waals surface area (Å²) in [5.41, 5.74) is 5.16. The van der Waals surface area contributed by atoms with Crippen LogP contribution in [0.4, 0.5) is 5.69 Å². The first-order valence-electron chi connectivity index (χ1n) is 8.67. The first kappa shape index (κ1) is 19.7. The number of sulfonamides is 1. The van der Waals surface area contributed by atoms with E-state index in [1.54, 1.807) is 24.3 Å². The summed E-state index contributed by atoms with van der Waals surface area (Å²) in [6, 6.07) is 12.0. The highest BCUT2D eigenvalue weighted by molar-refractivity contribution is 7.92. The smallest absolute Gasteiger partial charge is 0.269 e. The van der Waals surface area contributed by atoms with Gasteiger partial charge in [-0.2, -0.15) is 0 Å². The average Bonchev–Trinajstić information content (AvgIpc) is 3.43. The maximum Gasteiger partial charge on any atom is 0.269 e. The molecule has 1 aliphatic rings. The normalized spacial score (nSPS) is 18.1. The molecule has 2 aromatic carbocycles. The molecular formula is C19H21N3O5S. The molecule has 9 heteroatoms. The van der Waals surface area contributed by atoms with Gasteiger partial charge in [0.05, 0.1) is 12.0 Å². The number of methoxy groups -OCH3 is 1. The Kier molecular flexibility index (Phi) is 5.55. The van der Waals surface area contributed by atoms with Crippen molar-refractivity contribution in [2.24, 2.45) is 11.8 Å². The topological polar surface area (TPSA) is 114 Å². The van der Waals surface area contributed by atoms with Crippen LogP contribution in [-0.2, 0) is 14.8 Å². The first-order valence-corrected chi connectivity index (χ1v) is 10.2. The average molecular weight is 403 g/mol. The highest BCUT2D eigenvalue weighted by atomic mass is 32.2. The largest absolute Gasteiger partial charge is 0.497 e. The summed E-state index contributed by atoms with van der Waals surface area (Å²) in [5.74, 6) is -0.00619. The summed E-state index contributed by atoms with van der Waals surface area (Å²) < 4.78 is 32.7. The molecule has 0 saturated heterocycles. The number of carbonyl (C=O) groups is 2. The molecule has 148 valence electrons. The van der Waals surface area contributed by atoms with Gasteiger partial charge in [0.15, 0.2) is 0 Å². The van der Waals surface area contributed by atoms with Crippen LogP contribution in [0.1, 0.15) is 23.7 Å². The molecule has 2 atom stereocenters. The minimum Gasteiger partial charge on any atom is -0.497 e. The number of hydrogen-bond acceptors (Lipinski definition) is 5. The molecule has 0 heterocycles. The Morgan fingerprint density at radius 1 is 1.07 bits per heavy atom. The maximum absolute atomic E-state index is 12.6. The van der Waals surface area contributed by atoms with E-state index in [4.69, 9.17) is 4.74 Å². The van der Waals surface area contributed by atoms with E-state index in [1.807, 2.05) is 6.92 Å². The van der Waals surface area contributed by atoms with E-state index in [-0.39, 0.29) is 22.3 Å². The Labute approximate surface area is 163 Å². The van der Waals surface area contributed by atoms with E-state index >= 15 is 0 Å². The summed E-state index contributed by atoms with van der Waals surface area (Å²) in [6.07, 6.45) is 0.798. The number of carbonyl (C=O) groups excluding carboxylic acids is 2. The fraction of sp³-hybridized carbons (Fsp3) is 0.263. The minimum atomic E-state index is -3.89. The van der Waals surface area contributed by atoms with Gasteiger partial charge in [-0.1, -0.05) is 13.0 Å². The summed E-state index contributed by atoms with van der Waals surface area (Å²) in [7, 11) is -2.37. The lowest BCUT2D eigenvalue weighted by atomic mass is 10.2. The van der Waals surface area contributed by atoms with Crippen molar-refractivity contribution in [3.8, 4) is 5.75 Å². The highest BCUT2D eigenvalue weighted by Gasteiger charge is 2.39. The van der Waals surface area contributed by atoms with Crippen molar-refractivity contribution < 1.29 is 22.7 Å². The van der Waals surface area contributed by atoms with Gasteiger partial charge >= 0.3 is 0 Å². The van der Waals surface area contributed by atoms with Crippen LogP contribution in [-0.4, -0.2) is 27.3 Å². The molecule has 28 heavy (non-hydrogen) atoms. The molecule has 0 aromatic heterocycles. The van der Waals surface area contributed by atoms with Gasteiger partial charge in [-0.3, -0.25) is 25.2 Å². The third-order valence-corrected chi connectivity index (χ3v) is 5.87. The lowest BCUT2D eigenvalue weighted by Crippen LogP contribution is -2.42. The van der Waals surface area contributed by atoms with Gasteiger partial charge in [0, 0.05) is 17.2 Å². The fourth-order valence-corrected chi connectivity index (χ4v) is 3.75. The van der Waals surface area contributed by atoms with Gasteiger partial charge < -0.3 is 4.74 Å². The van der Waals surface area contributed by atoms with Gasteiger partial charge in [0.25, 0.3) is 15.9 Å². The number of amides is 2. The van der Waals surface area contributed by atoms with Crippen LogP contribution >= 0.6 is 0 Å². The van der Waals surface area contributed by atoms with Crippen LogP contribution in [0.15, 0.2) is 53.4 Å². The zero-order valence-corrected chi connectivity index (χ0v) is 16.2. The molecule has 3 N–H and O–H groups in total. The van der Waals surface area contributed by atoms with Gasteiger partial charge in [-0.25, -0.2) is 8.42 Å². The third-order valence-electron chi connectivity index (χ3n) is 4.49. The lowest BCUT2D eigenvalue weighted by Gasteiger charge is -2.11. The zero-order valence-electron chi connectivity index (χ0n) is 15.4. The van der Waals surface area contributed by atoms with E-state index in [0.717, 1.165) is 6.42 Å². The highest BCUT2D eigenvalue weighted by Crippen LogP contribution is 2.37. The molecule has 2 aromatic rings. The van der Waals surface area contributed by atoms with E-state index < -0.39 is 15.9 Å². The van der Waals surface area contributed by atoms with Crippen molar-refractivity contribution in [3.05, 3.63) is 54.1 Å². The van der Waals surface area contributed by atoms with Gasteiger partial charge in [0.1, 0.15) is 5.75 Å². The molecule has 1 aliphatic carbocycles. The Hall–Kier alpha value is -3.07. The number of nitrogens with one attached hydrogen (secondary N) is 3. The standard InChI is InChI=1S/C19H21N3O5S/c1-12-10-17(12)19(24)21-20-18(23)13-4-3-5-16(11-13)28(25,26)22-14-6-8-15(27-2)9-7-14/h3-9,11-12,17,22H,10H2,1-2H3,(H,20,23)(H,21,24)/t12-,17+/m1/s1. The maximum atomic E-state index is 12.6. The van der Waals surface area contributed by atoms with Gasteiger partial charge in [0.2, 0.25) is 5.91 Å². The van der Waals surface area contributed by atoms with Crippen LogP contribution in [0.3, 0.4) is 0 Å². The monoisotopic (exact) mass is 403 g/mol. The molecular weight excluding hydrogens is 382 g/mol. The quantitative estimate of drug-likeness (QED) is 0.638. The van der Waals surface area contributed by atoms with Crippen LogP contribution < -0.4 is 20.3 Å². The van der Waals surface area contributed by atoms with Gasteiger partial charge in [-0.15, -0.1) is 0 Å². The molecule has 0 aliphatic heterocycles. The number of ether oxygens (including phenoxy) is 1. The third kappa shape index (κ3) is 4.61. The van der Waals surface area contributed by atoms with Crippen LogP contribution in [0, 0.1) is 11.8 Å². The second-order valence-electron chi connectivity index (χ2n) is 6.62. The van der Waals surface area contributed by atoms with E-state index in [2.05, 4.69) is 15.6 Å². The summed E-state index contributed by atoms with van der Waals surface area (Å²) in [4.78, 5) is 23.9.